The number of anilines is 3. The first-order chi connectivity index (χ1) is 17.7. The normalized spacial score (nSPS) is 15.6. The molecule has 2 aromatic carbocycles. The van der Waals surface area contributed by atoms with Gasteiger partial charge in [0.25, 0.3) is 0 Å². The maximum absolute atomic E-state index is 6.53. The summed E-state index contributed by atoms with van der Waals surface area (Å²) in [4.78, 5) is 18.4. The molecule has 1 aromatic heterocycles. The van der Waals surface area contributed by atoms with Gasteiger partial charge in [-0.1, -0.05) is 41.9 Å². The minimum absolute atomic E-state index is 0.393. The van der Waals surface area contributed by atoms with Gasteiger partial charge in [-0.2, -0.15) is 20.1 Å². The van der Waals surface area contributed by atoms with Crippen molar-refractivity contribution in [2.45, 2.75) is 32.3 Å². The third-order valence-electron chi connectivity index (χ3n) is 6.25. The number of nitrogens with zero attached hydrogens (tertiary/aromatic N) is 6. The first kappa shape index (κ1) is 24.1. The van der Waals surface area contributed by atoms with Crippen LogP contribution in [0.3, 0.4) is 0 Å². The van der Waals surface area contributed by atoms with E-state index >= 15 is 0 Å². The van der Waals surface area contributed by atoms with Gasteiger partial charge in [0, 0.05) is 26.2 Å². The summed E-state index contributed by atoms with van der Waals surface area (Å²) >= 11 is 6.53. The molecule has 5 rings (SSSR count). The molecule has 0 amide bonds. The van der Waals surface area contributed by atoms with Crippen molar-refractivity contribution >= 4 is 35.7 Å². The van der Waals surface area contributed by atoms with Crippen molar-refractivity contribution in [1.82, 2.24) is 15.0 Å². The van der Waals surface area contributed by atoms with Crippen LogP contribution in [0, 0.1) is 0 Å². The minimum Gasteiger partial charge on any atom is -0.493 e. The Labute approximate surface area is 216 Å². The van der Waals surface area contributed by atoms with Crippen molar-refractivity contribution in [2.24, 2.45) is 5.10 Å². The molecule has 188 valence electrons. The van der Waals surface area contributed by atoms with E-state index in [9.17, 15) is 0 Å². The maximum Gasteiger partial charge on any atom is 0.250 e. The van der Waals surface area contributed by atoms with Gasteiger partial charge in [-0.3, -0.25) is 0 Å². The lowest BCUT2D eigenvalue weighted by atomic mass is 10.2. The molecule has 0 atom stereocenters. The largest absolute Gasteiger partial charge is 0.493 e. The van der Waals surface area contributed by atoms with E-state index in [4.69, 9.17) is 26.1 Å². The standard InChI is InChI=1S/C26H30ClN7O2/c1-35-22-16-20(15-21(27)23(22)36-18-19-9-3-2-4-10-19)17-28-32-24-29-25(33-11-5-6-12-33)31-26(30-24)34-13-7-8-14-34/h2-4,9-10,15-17H,5-8,11-14,18H2,1H3,(H,29,30,31,32)/b28-17-. The summed E-state index contributed by atoms with van der Waals surface area (Å²) in [6.45, 7) is 4.24. The van der Waals surface area contributed by atoms with E-state index in [1.54, 1.807) is 19.4 Å². The van der Waals surface area contributed by atoms with Gasteiger partial charge in [-0.15, -0.1) is 0 Å². The second-order valence-electron chi connectivity index (χ2n) is 8.83. The number of halogens is 1. The molecule has 0 spiro atoms. The van der Waals surface area contributed by atoms with Gasteiger partial charge in [-0.05, 0) is 48.9 Å². The predicted molar refractivity (Wildman–Crippen MR) is 143 cm³/mol. The minimum atomic E-state index is 0.393. The average molecular weight is 508 g/mol. The molecule has 2 aliphatic heterocycles. The van der Waals surface area contributed by atoms with Crippen LogP contribution in [0.15, 0.2) is 47.6 Å². The molecule has 2 saturated heterocycles. The van der Waals surface area contributed by atoms with Gasteiger partial charge in [0.1, 0.15) is 6.61 Å². The molecule has 2 aliphatic rings. The zero-order valence-corrected chi connectivity index (χ0v) is 21.1. The first-order valence-electron chi connectivity index (χ1n) is 12.3. The Kier molecular flexibility index (Phi) is 7.66. The molecule has 2 fully saturated rings. The van der Waals surface area contributed by atoms with Gasteiger partial charge in [-0.25, -0.2) is 5.43 Å². The monoisotopic (exact) mass is 507 g/mol. The van der Waals surface area contributed by atoms with Gasteiger partial charge in [0.15, 0.2) is 11.5 Å². The van der Waals surface area contributed by atoms with Crippen LogP contribution in [-0.2, 0) is 6.61 Å². The number of hydrazone groups is 1. The highest BCUT2D eigenvalue weighted by molar-refractivity contribution is 6.32. The van der Waals surface area contributed by atoms with Crippen molar-refractivity contribution in [1.29, 1.82) is 0 Å². The number of methoxy groups -OCH3 is 1. The molecular formula is C26H30ClN7O2. The molecule has 0 aliphatic carbocycles. The van der Waals surface area contributed by atoms with Gasteiger partial charge < -0.3 is 19.3 Å². The fraction of sp³-hybridized carbons (Fsp3) is 0.385. The predicted octanol–water partition coefficient (Wildman–Crippen LogP) is 4.76. The van der Waals surface area contributed by atoms with Gasteiger partial charge in [0.2, 0.25) is 17.8 Å². The molecule has 36 heavy (non-hydrogen) atoms. The molecule has 0 saturated carbocycles. The zero-order valence-electron chi connectivity index (χ0n) is 20.4. The van der Waals surface area contributed by atoms with E-state index in [0.717, 1.165) is 63.0 Å². The lowest BCUT2D eigenvalue weighted by molar-refractivity contribution is 0.284. The second-order valence-corrected chi connectivity index (χ2v) is 9.23. The third-order valence-corrected chi connectivity index (χ3v) is 6.53. The molecule has 3 heterocycles. The van der Waals surface area contributed by atoms with Gasteiger partial charge in [0.05, 0.1) is 18.3 Å². The lowest BCUT2D eigenvalue weighted by Crippen LogP contribution is -2.25. The number of ether oxygens (including phenoxy) is 2. The highest BCUT2D eigenvalue weighted by Gasteiger charge is 2.21. The average Bonchev–Trinajstić information content (AvgIpc) is 3.63. The summed E-state index contributed by atoms with van der Waals surface area (Å²) < 4.78 is 11.5. The quantitative estimate of drug-likeness (QED) is 0.327. The van der Waals surface area contributed by atoms with E-state index < -0.39 is 0 Å². The van der Waals surface area contributed by atoms with Crippen molar-refractivity contribution in [3.8, 4) is 11.5 Å². The molecular weight excluding hydrogens is 478 g/mol. The Hall–Kier alpha value is -3.59. The van der Waals surface area contributed by atoms with Crippen molar-refractivity contribution in [2.75, 3.05) is 48.5 Å². The summed E-state index contributed by atoms with van der Waals surface area (Å²) in [5, 5.41) is 4.81. The van der Waals surface area contributed by atoms with Crippen LogP contribution in [0.4, 0.5) is 17.8 Å². The lowest BCUT2D eigenvalue weighted by Gasteiger charge is -2.20. The number of hydrogen-bond donors (Lipinski definition) is 1. The Balaban J connectivity index is 1.31. The zero-order chi connectivity index (χ0) is 24.7. The van der Waals surface area contributed by atoms with Crippen LogP contribution in [-0.4, -0.2) is 54.5 Å². The van der Waals surface area contributed by atoms with E-state index in [1.807, 2.05) is 36.4 Å². The highest BCUT2D eigenvalue weighted by Crippen LogP contribution is 2.36. The van der Waals surface area contributed by atoms with Crippen molar-refractivity contribution in [3.63, 3.8) is 0 Å². The molecule has 3 aromatic rings. The highest BCUT2D eigenvalue weighted by atomic mass is 35.5. The topological polar surface area (TPSA) is 88.0 Å². The maximum atomic E-state index is 6.53. The fourth-order valence-corrected chi connectivity index (χ4v) is 4.64. The van der Waals surface area contributed by atoms with Crippen LogP contribution < -0.4 is 24.7 Å². The summed E-state index contributed by atoms with van der Waals surface area (Å²) in [6, 6.07) is 13.5. The van der Waals surface area contributed by atoms with Crippen molar-refractivity contribution in [3.05, 3.63) is 58.6 Å². The Morgan fingerprint density at radius 1 is 0.944 bits per heavy atom. The Morgan fingerprint density at radius 2 is 1.58 bits per heavy atom. The van der Waals surface area contributed by atoms with Crippen LogP contribution in [0.2, 0.25) is 5.02 Å². The Morgan fingerprint density at radius 3 is 2.19 bits per heavy atom. The second kappa shape index (κ2) is 11.4. The SMILES string of the molecule is COc1cc(/C=N\Nc2nc(N3CCCC3)nc(N3CCCC3)n2)cc(Cl)c1OCc1ccccc1. The molecule has 0 bridgehead atoms. The third kappa shape index (κ3) is 5.79. The van der Waals surface area contributed by atoms with Crippen LogP contribution in [0.5, 0.6) is 11.5 Å². The number of hydrogen-bond acceptors (Lipinski definition) is 9. The molecule has 0 unspecified atom stereocenters. The number of aromatic nitrogens is 3. The summed E-state index contributed by atoms with van der Waals surface area (Å²) in [5.41, 5.74) is 4.78. The number of rotatable bonds is 9. The molecule has 9 nitrogen and oxygen atoms in total. The summed E-state index contributed by atoms with van der Waals surface area (Å²) in [5.74, 6) is 2.85. The summed E-state index contributed by atoms with van der Waals surface area (Å²) in [6.07, 6.45) is 6.27. The molecule has 1 N–H and O–H groups in total. The smallest absolute Gasteiger partial charge is 0.250 e. The molecule has 0 radical (unpaired) electrons. The van der Waals surface area contributed by atoms with Crippen LogP contribution in [0.25, 0.3) is 0 Å². The van der Waals surface area contributed by atoms with E-state index in [2.05, 4.69) is 30.3 Å². The van der Waals surface area contributed by atoms with Gasteiger partial charge >= 0.3 is 0 Å². The summed E-state index contributed by atoms with van der Waals surface area (Å²) in [7, 11) is 1.59. The molecule has 10 heteroatoms. The van der Waals surface area contributed by atoms with Crippen molar-refractivity contribution < 1.29 is 9.47 Å². The van der Waals surface area contributed by atoms with E-state index in [0.29, 0.717) is 41.0 Å². The Bertz CT molecular complexity index is 1160. The van der Waals surface area contributed by atoms with E-state index in [-0.39, 0.29) is 0 Å². The fourth-order valence-electron chi connectivity index (χ4n) is 4.37. The number of nitrogens with one attached hydrogen (secondary N) is 1. The van der Waals surface area contributed by atoms with E-state index in [1.165, 1.54) is 0 Å². The van der Waals surface area contributed by atoms with Crippen LogP contribution >= 0.6 is 11.6 Å². The first-order valence-corrected chi connectivity index (χ1v) is 12.7. The van der Waals surface area contributed by atoms with Crippen LogP contribution in [0.1, 0.15) is 36.8 Å². The number of benzene rings is 2.